The van der Waals surface area contributed by atoms with Crippen molar-refractivity contribution < 1.29 is 4.74 Å². The van der Waals surface area contributed by atoms with E-state index in [9.17, 15) is 0 Å². The first kappa shape index (κ1) is 12.5. The zero-order valence-electron chi connectivity index (χ0n) is 11.3. The van der Waals surface area contributed by atoms with Crippen LogP contribution in [0.1, 0.15) is 5.56 Å². The number of fused-ring (bicyclic) bond motifs is 1. The Morgan fingerprint density at radius 1 is 0.900 bits per heavy atom. The van der Waals surface area contributed by atoms with E-state index in [0.29, 0.717) is 6.61 Å². The molecule has 2 heteroatoms. The Balaban J connectivity index is 2.08. The molecule has 0 atom stereocenters. The molecule has 0 aromatic heterocycles. The summed E-state index contributed by atoms with van der Waals surface area (Å²) in [4.78, 5) is 0. The summed E-state index contributed by atoms with van der Waals surface area (Å²) in [6.45, 7) is 0.587. The topological polar surface area (TPSA) is 35.2 Å². The van der Waals surface area contributed by atoms with Crippen LogP contribution in [-0.4, -0.2) is 6.61 Å². The lowest BCUT2D eigenvalue weighted by Crippen LogP contribution is -1.99. The van der Waals surface area contributed by atoms with E-state index in [1.54, 1.807) is 0 Å². The molecule has 0 saturated heterocycles. The quantitative estimate of drug-likeness (QED) is 0.790. The fraction of sp³-hybridized carbons (Fsp3) is 0.111. The number of anilines is 1. The van der Waals surface area contributed by atoms with Gasteiger partial charge in [0.25, 0.3) is 0 Å². The van der Waals surface area contributed by atoms with Crippen LogP contribution in [0.3, 0.4) is 0 Å². The lowest BCUT2D eigenvalue weighted by molar-refractivity contribution is 0.361. The highest BCUT2D eigenvalue weighted by atomic mass is 16.5. The number of ether oxygens (including phenoxy) is 1. The van der Waals surface area contributed by atoms with Gasteiger partial charge in [0.2, 0.25) is 0 Å². The fourth-order valence-electron chi connectivity index (χ4n) is 2.35. The molecule has 0 unspecified atom stereocenters. The molecule has 1 heterocycles. The molecule has 0 radical (unpaired) electrons. The van der Waals surface area contributed by atoms with Crippen LogP contribution < -0.4 is 10.5 Å². The van der Waals surface area contributed by atoms with E-state index in [4.69, 9.17) is 10.5 Å². The van der Waals surface area contributed by atoms with Gasteiger partial charge in [-0.25, -0.2) is 0 Å². The molecule has 3 rings (SSSR count). The zero-order valence-corrected chi connectivity index (χ0v) is 11.3. The lowest BCUT2D eigenvalue weighted by Gasteiger charge is -2.14. The molecular formula is C18H17NO. The normalized spacial score (nSPS) is 17.0. The van der Waals surface area contributed by atoms with E-state index in [0.717, 1.165) is 29.0 Å². The Hall–Kier alpha value is -2.48. The van der Waals surface area contributed by atoms with Crippen molar-refractivity contribution in [2.45, 2.75) is 6.42 Å². The van der Waals surface area contributed by atoms with Crippen LogP contribution in [0.25, 0.3) is 11.1 Å². The second kappa shape index (κ2) is 5.66. The summed E-state index contributed by atoms with van der Waals surface area (Å²) in [7, 11) is 0. The summed E-state index contributed by atoms with van der Waals surface area (Å²) < 4.78 is 5.97. The summed E-state index contributed by atoms with van der Waals surface area (Å²) in [5.74, 6) is 0.966. The first-order valence-corrected chi connectivity index (χ1v) is 6.77. The van der Waals surface area contributed by atoms with Gasteiger partial charge in [-0.3, -0.25) is 0 Å². The van der Waals surface area contributed by atoms with Gasteiger partial charge in [-0.05, 0) is 35.8 Å². The molecule has 0 saturated carbocycles. The SMILES string of the molecule is Nc1ccc(-c2cccc3c2OC/C=C\C=C/C3)cc1. The van der Waals surface area contributed by atoms with Gasteiger partial charge in [-0.1, -0.05) is 48.6 Å². The highest BCUT2D eigenvalue weighted by Crippen LogP contribution is 2.34. The molecule has 0 aliphatic carbocycles. The summed E-state index contributed by atoms with van der Waals surface area (Å²) in [6, 6.07) is 14.2. The predicted octanol–water partition coefficient (Wildman–Crippen LogP) is 3.98. The van der Waals surface area contributed by atoms with E-state index in [1.165, 1.54) is 5.56 Å². The van der Waals surface area contributed by atoms with E-state index >= 15 is 0 Å². The number of hydrogen-bond acceptors (Lipinski definition) is 2. The van der Waals surface area contributed by atoms with E-state index in [2.05, 4.69) is 30.4 Å². The van der Waals surface area contributed by atoms with Crippen LogP contribution in [0.4, 0.5) is 5.69 Å². The highest BCUT2D eigenvalue weighted by Gasteiger charge is 2.11. The number of nitrogens with two attached hydrogens (primary N) is 1. The maximum Gasteiger partial charge on any atom is 0.131 e. The van der Waals surface area contributed by atoms with Gasteiger partial charge in [-0.2, -0.15) is 0 Å². The molecule has 0 amide bonds. The van der Waals surface area contributed by atoms with Gasteiger partial charge in [-0.15, -0.1) is 0 Å². The Kier molecular flexibility index (Phi) is 3.55. The van der Waals surface area contributed by atoms with Crippen LogP contribution in [0.5, 0.6) is 5.75 Å². The Bertz CT molecular complexity index is 654. The van der Waals surface area contributed by atoms with Crippen molar-refractivity contribution in [1.82, 2.24) is 0 Å². The third-order valence-electron chi connectivity index (χ3n) is 3.36. The Morgan fingerprint density at radius 2 is 1.70 bits per heavy atom. The van der Waals surface area contributed by atoms with Gasteiger partial charge in [0.1, 0.15) is 12.4 Å². The summed E-state index contributed by atoms with van der Waals surface area (Å²) in [5.41, 5.74) is 9.99. The number of hydrogen-bond donors (Lipinski definition) is 1. The first-order valence-electron chi connectivity index (χ1n) is 6.77. The maximum absolute atomic E-state index is 5.97. The van der Waals surface area contributed by atoms with Gasteiger partial charge in [0, 0.05) is 11.3 Å². The molecule has 2 N–H and O–H groups in total. The molecule has 0 bridgehead atoms. The molecule has 2 aromatic carbocycles. The van der Waals surface area contributed by atoms with Crippen LogP contribution >= 0.6 is 0 Å². The molecule has 2 aromatic rings. The molecule has 100 valence electrons. The minimum Gasteiger partial charge on any atom is -0.489 e. The van der Waals surface area contributed by atoms with Crippen LogP contribution in [-0.2, 0) is 6.42 Å². The van der Waals surface area contributed by atoms with Gasteiger partial charge in [0.15, 0.2) is 0 Å². The van der Waals surface area contributed by atoms with Crippen molar-refractivity contribution in [2.75, 3.05) is 12.3 Å². The van der Waals surface area contributed by atoms with Crippen molar-refractivity contribution in [3.05, 3.63) is 72.3 Å². The number of nitrogen functional groups attached to an aromatic ring is 1. The second-order valence-corrected chi connectivity index (χ2v) is 4.79. The van der Waals surface area contributed by atoms with E-state index in [-0.39, 0.29) is 0 Å². The summed E-state index contributed by atoms with van der Waals surface area (Å²) in [5, 5.41) is 0. The van der Waals surface area contributed by atoms with Gasteiger partial charge in [0.05, 0.1) is 0 Å². The third-order valence-corrected chi connectivity index (χ3v) is 3.36. The van der Waals surface area contributed by atoms with Gasteiger partial charge < -0.3 is 10.5 Å². The average molecular weight is 263 g/mol. The number of para-hydroxylation sites is 1. The monoisotopic (exact) mass is 263 g/mol. The smallest absolute Gasteiger partial charge is 0.131 e. The first-order chi connectivity index (χ1) is 9.84. The predicted molar refractivity (Wildman–Crippen MR) is 83.8 cm³/mol. The molecule has 20 heavy (non-hydrogen) atoms. The summed E-state index contributed by atoms with van der Waals surface area (Å²) in [6.07, 6.45) is 9.13. The third kappa shape index (κ3) is 2.59. The molecule has 0 fully saturated rings. The number of rotatable bonds is 1. The van der Waals surface area contributed by atoms with Crippen molar-refractivity contribution in [3.63, 3.8) is 0 Å². The summed E-state index contributed by atoms with van der Waals surface area (Å²) >= 11 is 0. The second-order valence-electron chi connectivity index (χ2n) is 4.79. The van der Waals surface area contributed by atoms with Crippen LogP contribution in [0.15, 0.2) is 66.8 Å². The van der Waals surface area contributed by atoms with Crippen molar-refractivity contribution in [3.8, 4) is 16.9 Å². The van der Waals surface area contributed by atoms with E-state index in [1.807, 2.05) is 36.4 Å². The molecule has 1 aliphatic heterocycles. The maximum atomic E-state index is 5.97. The molecule has 0 spiro atoms. The Labute approximate surface area is 119 Å². The zero-order chi connectivity index (χ0) is 13.8. The highest BCUT2D eigenvalue weighted by molar-refractivity contribution is 5.73. The van der Waals surface area contributed by atoms with Crippen molar-refractivity contribution in [1.29, 1.82) is 0 Å². The molecule has 2 nitrogen and oxygen atoms in total. The van der Waals surface area contributed by atoms with Crippen molar-refractivity contribution >= 4 is 5.69 Å². The standard InChI is InChI=1S/C18H17NO/c19-16-11-9-14(10-12-16)17-8-5-7-15-6-3-1-2-4-13-20-18(15)17/h1-5,7-12H,6,13,19H2/b3-1-,4-2-. The van der Waals surface area contributed by atoms with Crippen molar-refractivity contribution in [2.24, 2.45) is 0 Å². The number of benzene rings is 2. The Morgan fingerprint density at radius 3 is 2.55 bits per heavy atom. The molecule has 1 aliphatic rings. The van der Waals surface area contributed by atoms with Gasteiger partial charge >= 0.3 is 0 Å². The minimum atomic E-state index is 0.587. The minimum absolute atomic E-state index is 0.587. The largest absolute Gasteiger partial charge is 0.489 e. The van der Waals surface area contributed by atoms with Crippen LogP contribution in [0.2, 0.25) is 0 Å². The van der Waals surface area contributed by atoms with E-state index < -0.39 is 0 Å². The lowest BCUT2D eigenvalue weighted by atomic mass is 9.99. The molecular weight excluding hydrogens is 246 g/mol. The number of allylic oxidation sites excluding steroid dienone is 3. The van der Waals surface area contributed by atoms with Crippen LogP contribution in [0, 0.1) is 0 Å². The fourth-order valence-corrected chi connectivity index (χ4v) is 2.35. The average Bonchev–Trinajstić information content (AvgIpc) is 2.59.